The standard InChI is InChI=1S/C23H26N2O7S/c1-30-20-7-2-19(3-8-20)16-24-22(26)17-32-23(27)11-6-18-4-9-21(10-5-18)33(28,29)25-12-14-31-15-13-25/h2-11H,12-17H2,1H3,(H,24,26)/b11-6+. The fourth-order valence-corrected chi connectivity index (χ4v) is 4.44. The van der Waals surface area contributed by atoms with Gasteiger partial charge in [-0.3, -0.25) is 4.79 Å². The van der Waals surface area contributed by atoms with Crippen molar-refractivity contribution in [3.63, 3.8) is 0 Å². The number of methoxy groups -OCH3 is 1. The minimum atomic E-state index is -3.57. The molecule has 2 aromatic rings. The van der Waals surface area contributed by atoms with Crippen molar-refractivity contribution >= 4 is 28.0 Å². The second-order valence-electron chi connectivity index (χ2n) is 7.15. The first kappa shape index (κ1) is 24.4. The summed E-state index contributed by atoms with van der Waals surface area (Å²) in [5.74, 6) is -0.385. The third-order valence-electron chi connectivity index (χ3n) is 4.89. The highest BCUT2D eigenvalue weighted by atomic mass is 32.2. The molecule has 1 heterocycles. The van der Waals surface area contributed by atoms with Crippen LogP contribution in [0.4, 0.5) is 0 Å². The first-order valence-electron chi connectivity index (χ1n) is 10.3. The molecule has 1 aliphatic heterocycles. The number of rotatable bonds is 9. The van der Waals surface area contributed by atoms with Gasteiger partial charge in [-0.2, -0.15) is 4.31 Å². The van der Waals surface area contributed by atoms with Crippen LogP contribution in [0, 0.1) is 0 Å². The minimum absolute atomic E-state index is 0.178. The molecule has 1 N–H and O–H groups in total. The number of hydrogen-bond donors (Lipinski definition) is 1. The van der Waals surface area contributed by atoms with Crippen LogP contribution in [0.3, 0.4) is 0 Å². The summed E-state index contributed by atoms with van der Waals surface area (Å²) in [6.45, 7) is 1.29. The summed E-state index contributed by atoms with van der Waals surface area (Å²) in [7, 11) is -2.00. The lowest BCUT2D eigenvalue weighted by Crippen LogP contribution is -2.40. The first-order valence-corrected chi connectivity index (χ1v) is 11.7. The molecule has 176 valence electrons. The number of carbonyl (C=O) groups is 2. The molecule has 10 heteroatoms. The zero-order valence-electron chi connectivity index (χ0n) is 18.2. The van der Waals surface area contributed by atoms with E-state index in [1.807, 2.05) is 12.1 Å². The van der Waals surface area contributed by atoms with Gasteiger partial charge in [-0.25, -0.2) is 13.2 Å². The third-order valence-corrected chi connectivity index (χ3v) is 6.81. The van der Waals surface area contributed by atoms with Crippen LogP contribution in [-0.4, -0.2) is 64.6 Å². The number of nitrogens with zero attached hydrogens (tertiary/aromatic N) is 1. The van der Waals surface area contributed by atoms with Gasteiger partial charge >= 0.3 is 5.97 Å². The second kappa shape index (κ2) is 11.6. The number of nitrogens with one attached hydrogen (secondary N) is 1. The van der Waals surface area contributed by atoms with Gasteiger partial charge in [0.2, 0.25) is 10.0 Å². The maximum Gasteiger partial charge on any atom is 0.331 e. The van der Waals surface area contributed by atoms with Crippen LogP contribution in [0.15, 0.2) is 59.5 Å². The molecule has 1 fully saturated rings. The number of morpholine rings is 1. The average molecular weight is 475 g/mol. The predicted octanol–water partition coefficient (Wildman–Crippen LogP) is 1.59. The summed E-state index contributed by atoms with van der Waals surface area (Å²) in [5, 5.41) is 2.66. The molecule has 3 rings (SSSR count). The molecule has 0 aromatic heterocycles. The summed E-state index contributed by atoms with van der Waals surface area (Å²) >= 11 is 0. The van der Waals surface area contributed by atoms with Crippen LogP contribution in [-0.2, 0) is 35.6 Å². The topological polar surface area (TPSA) is 111 Å². The van der Waals surface area contributed by atoms with Crippen LogP contribution in [0.1, 0.15) is 11.1 Å². The number of esters is 1. The van der Waals surface area contributed by atoms with Crippen molar-refractivity contribution in [1.29, 1.82) is 0 Å². The molecule has 0 spiro atoms. The molecule has 0 atom stereocenters. The van der Waals surface area contributed by atoms with Gasteiger partial charge in [0.15, 0.2) is 6.61 Å². The molecule has 0 bridgehead atoms. The Hall–Kier alpha value is -3.21. The highest BCUT2D eigenvalue weighted by molar-refractivity contribution is 7.89. The van der Waals surface area contributed by atoms with Gasteiger partial charge in [0, 0.05) is 25.7 Å². The van der Waals surface area contributed by atoms with E-state index in [0.29, 0.717) is 38.4 Å². The van der Waals surface area contributed by atoms with E-state index in [2.05, 4.69) is 5.32 Å². The SMILES string of the molecule is COc1ccc(CNC(=O)COC(=O)/C=C/c2ccc(S(=O)(=O)N3CCOCC3)cc2)cc1. The summed E-state index contributed by atoms with van der Waals surface area (Å²) in [5.41, 5.74) is 1.51. The molecule has 1 saturated heterocycles. The lowest BCUT2D eigenvalue weighted by Gasteiger charge is -2.26. The van der Waals surface area contributed by atoms with Crippen molar-refractivity contribution in [2.75, 3.05) is 40.0 Å². The summed E-state index contributed by atoms with van der Waals surface area (Å²) < 4.78 is 41.8. The van der Waals surface area contributed by atoms with Gasteiger partial charge in [-0.15, -0.1) is 0 Å². The number of ether oxygens (including phenoxy) is 3. The molecule has 0 saturated carbocycles. The van der Waals surface area contributed by atoms with Gasteiger partial charge < -0.3 is 19.5 Å². The first-order chi connectivity index (χ1) is 15.9. The van der Waals surface area contributed by atoms with Crippen molar-refractivity contribution in [3.05, 3.63) is 65.7 Å². The fraction of sp³-hybridized carbons (Fsp3) is 0.304. The molecule has 1 aliphatic rings. The van der Waals surface area contributed by atoms with Crippen LogP contribution < -0.4 is 10.1 Å². The quantitative estimate of drug-likeness (QED) is 0.434. The van der Waals surface area contributed by atoms with Crippen LogP contribution in [0.2, 0.25) is 0 Å². The smallest absolute Gasteiger partial charge is 0.331 e. The maximum atomic E-state index is 12.6. The molecule has 0 aliphatic carbocycles. The zero-order valence-corrected chi connectivity index (χ0v) is 19.0. The Morgan fingerprint density at radius 3 is 2.36 bits per heavy atom. The molecule has 0 radical (unpaired) electrons. The number of amides is 1. The normalized spacial score (nSPS) is 14.7. The Morgan fingerprint density at radius 1 is 1.06 bits per heavy atom. The predicted molar refractivity (Wildman–Crippen MR) is 121 cm³/mol. The van der Waals surface area contributed by atoms with E-state index in [-0.39, 0.29) is 4.90 Å². The average Bonchev–Trinajstić information content (AvgIpc) is 2.86. The van der Waals surface area contributed by atoms with Gasteiger partial charge in [0.25, 0.3) is 5.91 Å². The van der Waals surface area contributed by atoms with Crippen LogP contribution >= 0.6 is 0 Å². The largest absolute Gasteiger partial charge is 0.497 e. The van der Waals surface area contributed by atoms with Crippen molar-refractivity contribution in [3.8, 4) is 5.75 Å². The molecule has 1 amide bonds. The third kappa shape index (κ3) is 7.14. The van der Waals surface area contributed by atoms with E-state index in [9.17, 15) is 18.0 Å². The van der Waals surface area contributed by atoms with Gasteiger partial charge in [-0.1, -0.05) is 24.3 Å². The fourth-order valence-electron chi connectivity index (χ4n) is 3.03. The van der Waals surface area contributed by atoms with Gasteiger partial charge in [-0.05, 0) is 41.5 Å². The lowest BCUT2D eigenvalue weighted by atomic mass is 10.2. The van der Waals surface area contributed by atoms with Crippen LogP contribution in [0.25, 0.3) is 6.08 Å². The Labute approximate surface area is 193 Å². The molecule has 33 heavy (non-hydrogen) atoms. The zero-order chi connectivity index (χ0) is 23.7. The summed E-state index contributed by atoms with van der Waals surface area (Å²) in [6, 6.07) is 13.4. The van der Waals surface area contributed by atoms with E-state index in [4.69, 9.17) is 14.2 Å². The van der Waals surface area contributed by atoms with Crippen molar-refractivity contribution in [1.82, 2.24) is 9.62 Å². The van der Waals surface area contributed by atoms with Crippen molar-refractivity contribution in [2.24, 2.45) is 0 Å². The summed E-state index contributed by atoms with van der Waals surface area (Å²) in [6.07, 6.45) is 2.67. The Bertz CT molecular complexity index is 1070. The van der Waals surface area contributed by atoms with Crippen LogP contribution in [0.5, 0.6) is 5.75 Å². The van der Waals surface area contributed by atoms with Gasteiger partial charge in [0.1, 0.15) is 5.75 Å². The molecular formula is C23H26N2O7S. The number of hydrogen-bond acceptors (Lipinski definition) is 7. The highest BCUT2D eigenvalue weighted by Crippen LogP contribution is 2.18. The van der Waals surface area contributed by atoms with Crippen molar-refractivity contribution < 1.29 is 32.2 Å². The number of sulfonamides is 1. The monoisotopic (exact) mass is 474 g/mol. The maximum absolute atomic E-state index is 12.6. The van der Waals surface area contributed by atoms with E-state index in [1.165, 1.54) is 28.6 Å². The van der Waals surface area contributed by atoms with E-state index in [1.54, 1.807) is 31.4 Å². The molecule has 0 unspecified atom stereocenters. The van der Waals surface area contributed by atoms with Crippen molar-refractivity contribution in [2.45, 2.75) is 11.4 Å². The number of carbonyl (C=O) groups excluding carboxylic acids is 2. The Morgan fingerprint density at radius 2 is 1.73 bits per heavy atom. The Balaban J connectivity index is 1.44. The second-order valence-corrected chi connectivity index (χ2v) is 9.09. The van der Waals surface area contributed by atoms with E-state index >= 15 is 0 Å². The number of benzene rings is 2. The molecular weight excluding hydrogens is 448 g/mol. The molecule has 9 nitrogen and oxygen atoms in total. The van der Waals surface area contributed by atoms with Gasteiger partial charge in [0.05, 0.1) is 25.2 Å². The highest BCUT2D eigenvalue weighted by Gasteiger charge is 2.25. The Kier molecular flexibility index (Phi) is 8.58. The summed E-state index contributed by atoms with van der Waals surface area (Å²) in [4.78, 5) is 23.9. The molecule has 2 aromatic carbocycles. The lowest BCUT2D eigenvalue weighted by molar-refractivity contribution is -0.143. The minimum Gasteiger partial charge on any atom is -0.497 e. The van der Waals surface area contributed by atoms with E-state index in [0.717, 1.165) is 11.3 Å². The van der Waals surface area contributed by atoms with E-state index < -0.39 is 28.5 Å².